The zero-order valence-electron chi connectivity index (χ0n) is 27.0. The van der Waals surface area contributed by atoms with Gasteiger partial charge in [0.05, 0.1) is 23.0 Å². The SMILES string of the molecule is CC1COc2ccccc2N1C(=O)C(Cl)Cl.CCCC(=NOCC(C)Oc1ccc(Cl)cc1)C1=C(O)CC(C2CCCSC2)CC1=O. The number of oxime groups is 1. The number of ketones is 1. The van der Waals surface area contributed by atoms with E-state index in [1.54, 1.807) is 29.2 Å². The molecule has 2 aromatic carbocycles. The van der Waals surface area contributed by atoms with Crippen molar-refractivity contribution >= 4 is 69.7 Å². The first-order valence-corrected chi connectivity index (χ1v) is 18.5. The van der Waals surface area contributed by atoms with E-state index in [9.17, 15) is 14.7 Å². The van der Waals surface area contributed by atoms with E-state index in [2.05, 4.69) is 5.16 Å². The van der Waals surface area contributed by atoms with E-state index in [0.29, 0.717) is 59.6 Å². The molecule has 1 amide bonds. The van der Waals surface area contributed by atoms with Crippen molar-refractivity contribution in [3.8, 4) is 11.5 Å². The molecule has 0 bridgehead atoms. The van der Waals surface area contributed by atoms with Crippen molar-refractivity contribution in [2.45, 2.75) is 76.3 Å². The van der Waals surface area contributed by atoms with Crippen LogP contribution in [0.4, 0.5) is 5.69 Å². The highest BCUT2D eigenvalue weighted by molar-refractivity contribution is 7.99. The van der Waals surface area contributed by atoms with Crippen molar-refractivity contribution < 1.29 is 29.0 Å². The van der Waals surface area contributed by atoms with Gasteiger partial charge in [0.25, 0.3) is 5.91 Å². The van der Waals surface area contributed by atoms with Crippen LogP contribution >= 0.6 is 46.6 Å². The molecule has 0 aromatic heterocycles. The zero-order valence-corrected chi connectivity index (χ0v) is 30.1. The number of alkyl halides is 2. The maximum absolute atomic E-state index is 12.9. The van der Waals surface area contributed by atoms with Gasteiger partial charge in [-0.1, -0.05) is 65.4 Å². The van der Waals surface area contributed by atoms with Gasteiger partial charge in [-0.3, -0.25) is 9.59 Å². The molecule has 0 saturated carbocycles. The molecule has 3 aliphatic rings. The molecule has 1 N–H and O–H groups in total. The van der Waals surface area contributed by atoms with Crippen LogP contribution in [0.15, 0.2) is 65.0 Å². The molecule has 1 aliphatic carbocycles. The quantitative estimate of drug-likeness (QED) is 0.149. The number of rotatable bonds is 10. The Morgan fingerprint density at radius 2 is 1.89 bits per heavy atom. The Labute approximate surface area is 296 Å². The Bertz CT molecular complexity index is 1410. The van der Waals surface area contributed by atoms with Gasteiger partial charge in [0.15, 0.2) is 17.2 Å². The maximum atomic E-state index is 12.9. The molecule has 256 valence electrons. The number of carbonyl (C=O) groups is 2. The van der Waals surface area contributed by atoms with Crippen LogP contribution in [0.2, 0.25) is 5.02 Å². The lowest BCUT2D eigenvalue weighted by Crippen LogP contribution is -2.47. The molecule has 0 radical (unpaired) electrons. The van der Waals surface area contributed by atoms with Gasteiger partial charge >= 0.3 is 0 Å². The number of carbonyl (C=O) groups excluding carboxylic acids is 2. The summed E-state index contributed by atoms with van der Waals surface area (Å²) in [7, 11) is 0. The molecule has 0 spiro atoms. The molecule has 5 rings (SSSR count). The number of para-hydroxylation sites is 2. The molecule has 12 heteroatoms. The average Bonchev–Trinajstić information content (AvgIpc) is 3.06. The van der Waals surface area contributed by atoms with Gasteiger partial charge in [0.1, 0.15) is 30.0 Å². The smallest absolute Gasteiger partial charge is 0.260 e. The second kappa shape index (κ2) is 18.2. The first kappa shape index (κ1) is 37.2. The summed E-state index contributed by atoms with van der Waals surface area (Å²) in [5.74, 6) is 4.28. The maximum Gasteiger partial charge on any atom is 0.260 e. The molecule has 1 saturated heterocycles. The number of thioether (sulfide) groups is 1. The van der Waals surface area contributed by atoms with Crippen LogP contribution in [-0.4, -0.2) is 64.2 Å². The van der Waals surface area contributed by atoms with E-state index in [1.165, 1.54) is 12.2 Å². The first-order valence-electron chi connectivity index (χ1n) is 16.1. The van der Waals surface area contributed by atoms with Crippen molar-refractivity contribution in [1.29, 1.82) is 0 Å². The fourth-order valence-electron chi connectivity index (χ4n) is 5.92. The summed E-state index contributed by atoms with van der Waals surface area (Å²) in [6, 6.07) is 14.4. The Balaban J connectivity index is 0.000000261. The molecule has 2 aliphatic heterocycles. The van der Waals surface area contributed by atoms with Crippen LogP contribution in [0.25, 0.3) is 0 Å². The molecule has 47 heavy (non-hydrogen) atoms. The van der Waals surface area contributed by atoms with Gasteiger partial charge in [-0.05, 0) is 92.8 Å². The van der Waals surface area contributed by atoms with Gasteiger partial charge in [0.2, 0.25) is 0 Å². The Hall–Kier alpha value is -2.59. The number of ether oxygens (including phenoxy) is 2. The summed E-state index contributed by atoms with van der Waals surface area (Å²) in [4.78, 5) is 30.9. The Morgan fingerprint density at radius 1 is 1.15 bits per heavy atom. The number of hydrogen-bond acceptors (Lipinski definition) is 8. The molecular formula is C35H43Cl3N2O6S. The predicted molar refractivity (Wildman–Crippen MR) is 192 cm³/mol. The summed E-state index contributed by atoms with van der Waals surface area (Å²) in [5.41, 5.74) is 1.63. The summed E-state index contributed by atoms with van der Waals surface area (Å²) >= 11 is 19.1. The van der Waals surface area contributed by atoms with Crippen molar-refractivity contribution in [3.63, 3.8) is 0 Å². The number of hydrogen-bond donors (Lipinski definition) is 1. The largest absolute Gasteiger partial charge is 0.511 e. The number of nitrogens with zero attached hydrogens (tertiary/aromatic N) is 2. The molecule has 2 heterocycles. The second-order valence-corrected chi connectivity index (χ2v) is 14.7. The number of benzene rings is 2. The minimum atomic E-state index is -1.05. The summed E-state index contributed by atoms with van der Waals surface area (Å²) in [6.07, 6.45) is 4.56. The Morgan fingerprint density at radius 3 is 2.55 bits per heavy atom. The third-order valence-corrected chi connectivity index (χ3v) is 10.1. The van der Waals surface area contributed by atoms with E-state index in [-0.39, 0.29) is 42.1 Å². The minimum absolute atomic E-state index is 0.00872. The lowest BCUT2D eigenvalue weighted by molar-refractivity contribution is -0.118. The first-order chi connectivity index (χ1) is 22.6. The van der Waals surface area contributed by atoms with Gasteiger partial charge in [-0.25, -0.2) is 0 Å². The van der Waals surface area contributed by atoms with Gasteiger partial charge in [0, 0.05) is 17.9 Å². The highest BCUT2D eigenvalue weighted by Crippen LogP contribution is 2.38. The third kappa shape index (κ3) is 10.4. The molecule has 2 aromatic rings. The van der Waals surface area contributed by atoms with E-state index in [1.807, 2.05) is 56.8 Å². The predicted octanol–water partition coefficient (Wildman–Crippen LogP) is 8.82. The van der Waals surface area contributed by atoms with Gasteiger partial charge < -0.3 is 24.3 Å². The van der Waals surface area contributed by atoms with E-state index in [0.717, 1.165) is 24.3 Å². The standard InChI is InChI=1S/C24H32ClNO4S.C11H11Cl2NO2/c1-3-5-21(26-29-14-16(2)30-20-9-7-19(25)8-10-20)24-22(27)12-18(13-23(24)28)17-6-4-11-31-15-17;1-7-6-16-9-5-3-2-4-8(9)14(7)11(15)10(12)13/h7-10,16-18,27H,3-6,11-15H2,1-2H3;2-5,7,10H,6H2,1H3. The van der Waals surface area contributed by atoms with Crippen molar-refractivity contribution in [1.82, 2.24) is 0 Å². The van der Waals surface area contributed by atoms with E-state index in [4.69, 9.17) is 49.1 Å². The van der Waals surface area contributed by atoms with Crippen molar-refractivity contribution in [3.05, 3.63) is 64.9 Å². The molecule has 4 atom stereocenters. The monoisotopic (exact) mass is 724 g/mol. The van der Waals surface area contributed by atoms with E-state index < -0.39 is 4.84 Å². The average molecular weight is 726 g/mol. The minimum Gasteiger partial charge on any atom is -0.511 e. The fourth-order valence-corrected chi connectivity index (χ4v) is 7.53. The van der Waals surface area contributed by atoms with Crippen molar-refractivity contribution in [2.24, 2.45) is 17.0 Å². The summed E-state index contributed by atoms with van der Waals surface area (Å²) < 4.78 is 11.3. The van der Waals surface area contributed by atoms with Crippen molar-refractivity contribution in [2.75, 3.05) is 29.6 Å². The van der Waals surface area contributed by atoms with Crippen LogP contribution in [0.1, 0.15) is 59.3 Å². The lowest BCUT2D eigenvalue weighted by atomic mass is 9.76. The van der Waals surface area contributed by atoms with Crippen LogP contribution in [0, 0.1) is 11.8 Å². The highest BCUT2D eigenvalue weighted by atomic mass is 35.5. The van der Waals surface area contributed by atoms with E-state index >= 15 is 0 Å². The second-order valence-electron chi connectivity index (χ2n) is 12.0. The number of Topliss-reactive ketones (excluding diaryl/α,β-unsaturated/α-hetero) is 1. The number of aliphatic hydroxyl groups is 1. The number of fused-ring (bicyclic) bond motifs is 1. The molecule has 1 fully saturated rings. The third-order valence-electron chi connectivity index (χ3n) is 8.21. The summed E-state index contributed by atoms with van der Waals surface area (Å²) in [6.45, 7) is 6.49. The zero-order chi connectivity index (χ0) is 33.9. The topological polar surface area (TPSA) is 97.7 Å². The Kier molecular flexibility index (Phi) is 14.5. The van der Waals surface area contributed by atoms with Gasteiger partial charge in [-0.15, -0.1) is 0 Å². The lowest BCUT2D eigenvalue weighted by Gasteiger charge is -2.35. The summed E-state index contributed by atoms with van der Waals surface area (Å²) in [5, 5.41) is 15.6. The number of halogens is 3. The fraction of sp³-hybridized carbons (Fsp3) is 0.514. The molecule has 8 nitrogen and oxygen atoms in total. The van der Waals surface area contributed by atoms with Crippen LogP contribution in [0.3, 0.4) is 0 Å². The normalized spacial score (nSPS) is 22.1. The molecule has 4 unspecified atom stereocenters. The number of anilines is 1. The van der Waals surface area contributed by atoms with Gasteiger partial charge in [-0.2, -0.15) is 11.8 Å². The van der Waals surface area contributed by atoms with Crippen LogP contribution in [0.5, 0.6) is 11.5 Å². The van der Waals surface area contributed by atoms with Crippen LogP contribution < -0.4 is 14.4 Å². The molecular weight excluding hydrogens is 683 g/mol. The van der Waals surface area contributed by atoms with Crippen LogP contribution in [-0.2, 0) is 14.4 Å². The number of allylic oxidation sites excluding steroid dienone is 2. The number of aliphatic hydroxyl groups excluding tert-OH is 1. The highest BCUT2D eigenvalue weighted by Gasteiger charge is 2.35. The number of amides is 1.